The van der Waals surface area contributed by atoms with Crippen LogP contribution in [0.1, 0.15) is 22.3 Å². The van der Waals surface area contributed by atoms with E-state index >= 15 is 0 Å². The first-order valence-electron chi connectivity index (χ1n) is 22.0. The predicted octanol–water partition coefficient (Wildman–Crippen LogP) is 14.1. The van der Waals surface area contributed by atoms with Crippen molar-refractivity contribution in [3.63, 3.8) is 0 Å². The number of hydrogen-bond acceptors (Lipinski definition) is 5. The van der Waals surface area contributed by atoms with Gasteiger partial charge in [0.05, 0.1) is 11.3 Å². The summed E-state index contributed by atoms with van der Waals surface area (Å²) >= 11 is 0. The van der Waals surface area contributed by atoms with E-state index in [9.17, 15) is 0 Å². The van der Waals surface area contributed by atoms with E-state index in [-0.39, 0.29) is 20.1 Å². The smallest absolute Gasteiger partial charge is 0.486 e. The molecule has 0 amide bonds. The van der Waals surface area contributed by atoms with Crippen LogP contribution >= 0.6 is 0 Å². The summed E-state index contributed by atoms with van der Waals surface area (Å²) in [6.45, 7) is 0. The Hall–Kier alpha value is -7.63. The van der Waals surface area contributed by atoms with E-state index in [0.717, 1.165) is 104 Å². The van der Waals surface area contributed by atoms with Crippen LogP contribution in [0.15, 0.2) is 205 Å². The minimum absolute atomic E-state index is 0. The quantitative estimate of drug-likeness (QED) is 0.114. The average Bonchev–Trinajstić information content (AvgIpc) is 3.77. The predicted molar refractivity (Wildman–Crippen MR) is 262 cm³/mol. The Morgan fingerprint density at radius 3 is 1.56 bits per heavy atom. The van der Waals surface area contributed by atoms with Gasteiger partial charge in [0.25, 0.3) is 0 Å². The summed E-state index contributed by atoms with van der Waals surface area (Å²) in [6, 6.07) is 72.7. The van der Waals surface area contributed by atoms with Crippen LogP contribution in [0.5, 0.6) is 0 Å². The molecule has 0 unspecified atom stereocenters. The van der Waals surface area contributed by atoms with Crippen molar-refractivity contribution in [2.24, 2.45) is 0 Å². The normalized spacial score (nSPS) is 11.2. The summed E-state index contributed by atoms with van der Waals surface area (Å²) in [7, 11) is 0. The van der Waals surface area contributed by atoms with E-state index in [1.807, 2.05) is 97.5 Å². The zero-order chi connectivity index (χ0) is 43.4. The van der Waals surface area contributed by atoms with E-state index in [1.54, 1.807) is 0 Å². The van der Waals surface area contributed by atoms with Gasteiger partial charge in [-0.1, -0.05) is 120 Å². The molecule has 0 radical (unpaired) electrons. The molecule has 0 aliphatic rings. The molecule has 316 valence electrons. The molecule has 0 aliphatic heterocycles. The minimum Gasteiger partial charge on any atom is -0.486 e. The topological polar surface area (TPSA) is 64.7 Å². The molecule has 6 heteroatoms. The first kappa shape index (κ1) is 42.3. The van der Waals surface area contributed by atoms with Crippen LogP contribution in [-0.4, -0.2) is 19.9 Å². The molecule has 5 nitrogen and oxygen atoms in total. The molecule has 5 heterocycles. The van der Waals surface area contributed by atoms with Crippen molar-refractivity contribution in [3.8, 4) is 67.3 Å². The number of benzene rings is 6. The van der Waals surface area contributed by atoms with Gasteiger partial charge in [0.15, 0.2) is 0 Å². The van der Waals surface area contributed by atoms with Gasteiger partial charge in [-0.05, 0) is 99.4 Å². The molecule has 11 rings (SSSR count). The summed E-state index contributed by atoms with van der Waals surface area (Å²) < 4.78 is 6.47. The van der Waals surface area contributed by atoms with Gasteiger partial charge in [-0.15, -0.1) is 90.0 Å². The maximum absolute atomic E-state index is 6.47. The Morgan fingerprint density at radius 1 is 0.394 bits per heavy atom. The van der Waals surface area contributed by atoms with Crippen LogP contribution in [0, 0.1) is 18.2 Å². The molecule has 0 bridgehead atoms. The molecule has 11 aromatic rings. The van der Waals surface area contributed by atoms with E-state index in [4.69, 9.17) is 24.4 Å². The van der Waals surface area contributed by atoms with E-state index in [2.05, 4.69) is 121 Å². The third-order valence-corrected chi connectivity index (χ3v) is 12.0. The van der Waals surface area contributed by atoms with Crippen molar-refractivity contribution in [1.29, 1.82) is 0 Å². The molecule has 0 saturated carbocycles. The van der Waals surface area contributed by atoms with Crippen molar-refractivity contribution in [2.75, 3.05) is 0 Å². The van der Waals surface area contributed by atoms with Crippen molar-refractivity contribution in [3.05, 3.63) is 241 Å². The number of pyridine rings is 4. The number of hydrogen-bond donors (Lipinski definition) is 0. The molecular formula is C60H41IrN4O. The average molecular weight is 1030 g/mol. The molecule has 0 saturated heterocycles. The zero-order valence-corrected chi connectivity index (χ0v) is 38.3. The number of nitrogens with zero attached hydrogens (tertiary/aromatic N) is 4. The number of furan rings is 1. The summed E-state index contributed by atoms with van der Waals surface area (Å²) in [5.41, 5.74) is 18.2. The standard InChI is InChI=1S/C60H41N4O.Ir/c1-4-13-45(14-5-1)55-31-27-41(38-61-55)23-25-43-35-44(26-24-42-28-32-56(62-39-42)46-15-6-2-7-16-46)37-49(36-43)51-20-11-10-19-50(51)48-29-33-58(63-40-48)54-22-12-21-52-53-30-34-57(47-17-8-3-9-18-47)64-60(53)65-59(52)54;/h1-13,15,17-21,27-40H,23-26H2;/q-3;+3. The van der Waals surface area contributed by atoms with Crippen molar-refractivity contribution in [1.82, 2.24) is 19.9 Å². The maximum atomic E-state index is 6.47. The Morgan fingerprint density at radius 2 is 0.970 bits per heavy atom. The Labute approximate surface area is 398 Å². The van der Waals surface area contributed by atoms with Crippen LogP contribution in [0.2, 0.25) is 0 Å². The van der Waals surface area contributed by atoms with Crippen LogP contribution in [0.3, 0.4) is 0 Å². The van der Waals surface area contributed by atoms with Crippen molar-refractivity contribution in [2.45, 2.75) is 25.7 Å². The SMILES string of the molecule is [Ir+3].[c-]1ccccc1-c1ccc(CCc2cc(CCc3ccc(-c4[c-]cccc4)nc3)cc(-c3ccccc3-c3ccc(-c4[c-]ccc5c4oc4nc(-c6ccccc6)ccc45)nc3)c2)cn1. The Kier molecular flexibility index (Phi) is 12.3. The number of aromatic nitrogens is 4. The fourth-order valence-electron chi connectivity index (χ4n) is 8.62. The number of fused-ring (bicyclic) bond motifs is 3. The monoisotopic (exact) mass is 1030 g/mol. The van der Waals surface area contributed by atoms with Crippen LogP contribution < -0.4 is 0 Å². The van der Waals surface area contributed by atoms with Crippen LogP contribution in [-0.2, 0) is 45.8 Å². The molecule has 0 spiro atoms. The molecule has 0 N–H and O–H groups in total. The summed E-state index contributed by atoms with van der Waals surface area (Å²) in [5, 5.41) is 1.96. The van der Waals surface area contributed by atoms with E-state index in [0.29, 0.717) is 5.71 Å². The first-order chi connectivity index (χ1) is 32.2. The first-order valence-corrected chi connectivity index (χ1v) is 22.0. The molecule has 0 atom stereocenters. The molecule has 0 aliphatic carbocycles. The number of aryl methyl sites for hydroxylation is 4. The minimum atomic E-state index is 0. The molecule has 0 fully saturated rings. The van der Waals surface area contributed by atoms with Gasteiger partial charge in [-0.25, -0.2) is 4.98 Å². The third-order valence-electron chi connectivity index (χ3n) is 12.0. The summed E-state index contributed by atoms with van der Waals surface area (Å²) in [4.78, 5) is 19.5. The molecule has 66 heavy (non-hydrogen) atoms. The summed E-state index contributed by atoms with van der Waals surface area (Å²) in [5.74, 6) is 0. The molecule has 6 aromatic carbocycles. The second-order valence-electron chi connectivity index (χ2n) is 16.3. The summed E-state index contributed by atoms with van der Waals surface area (Å²) in [6.07, 6.45) is 9.49. The fraction of sp³-hybridized carbons (Fsp3) is 0.0667. The molecule has 5 aromatic heterocycles. The Bertz CT molecular complexity index is 3290. The van der Waals surface area contributed by atoms with Gasteiger partial charge in [-0.2, -0.15) is 0 Å². The van der Waals surface area contributed by atoms with Gasteiger partial charge in [0.2, 0.25) is 5.71 Å². The van der Waals surface area contributed by atoms with Crippen LogP contribution in [0.4, 0.5) is 0 Å². The largest absolute Gasteiger partial charge is 3.00 e. The third kappa shape index (κ3) is 9.03. The molecular weight excluding hydrogens is 985 g/mol. The van der Waals surface area contributed by atoms with Gasteiger partial charge in [-0.3, -0.25) is 0 Å². The van der Waals surface area contributed by atoms with Crippen LogP contribution in [0.25, 0.3) is 89.4 Å². The van der Waals surface area contributed by atoms with Gasteiger partial charge in [0, 0.05) is 29.5 Å². The maximum Gasteiger partial charge on any atom is 3.00 e. The fourth-order valence-corrected chi connectivity index (χ4v) is 8.62. The van der Waals surface area contributed by atoms with Gasteiger partial charge >= 0.3 is 20.1 Å². The second-order valence-corrected chi connectivity index (χ2v) is 16.3. The van der Waals surface area contributed by atoms with Gasteiger partial charge in [0.1, 0.15) is 0 Å². The Balaban J connectivity index is 0.00000511. The zero-order valence-electron chi connectivity index (χ0n) is 35.9. The second kappa shape index (κ2) is 19.2. The number of rotatable bonds is 12. The van der Waals surface area contributed by atoms with Crippen molar-refractivity contribution < 1.29 is 24.5 Å². The van der Waals surface area contributed by atoms with Gasteiger partial charge < -0.3 is 19.4 Å². The van der Waals surface area contributed by atoms with Crippen molar-refractivity contribution >= 4 is 22.1 Å². The van der Waals surface area contributed by atoms with E-state index < -0.39 is 0 Å². The van der Waals surface area contributed by atoms with E-state index in [1.165, 1.54) is 27.8 Å².